The van der Waals surface area contributed by atoms with Crippen molar-refractivity contribution in [2.45, 2.75) is 94.9 Å². The minimum atomic E-state index is -2.61. The van der Waals surface area contributed by atoms with Gasteiger partial charge in [0.2, 0.25) is 5.92 Å². The third kappa shape index (κ3) is 8.35. The lowest BCUT2D eigenvalue weighted by Gasteiger charge is -2.50. The van der Waals surface area contributed by atoms with Crippen LogP contribution in [0.5, 0.6) is 0 Å². The van der Waals surface area contributed by atoms with Gasteiger partial charge in [-0.05, 0) is 79.7 Å². The molecule has 7 rings (SSSR count). The Hall–Kier alpha value is -4.26. The molecule has 13 heteroatoms. The highest BCUT2D eigenvalue weighted by Gasteiger charge is 2.54. The molecule has 0 bridgehead atoms. The van der Waals surface area contributed by atoms with Crippen molar-refractivity contribution >= 4 is 17.8 Å². The van der Waals surface area contributed by atoms with E-state index in [0.29, 0.717) is 75.1 Å². The highest BCUT2D eigenvalue weighted by Crippen LogP contribution is 2.44. The number of hydrogen-bond donors (Lipinski definition) is 1. The van der Waals surface area contributed by atoms with E-state index in [2.05, 4.69) is 5.10 Å². The highest BCUT2D eigenvalue weighted by molar-refractivity contribution is 5.94. The third-order valence-electron chi connectivity index (χ3n) is 11.1. The number of nitrogens with zero attached hydrogens (tertiary/aromatic N) is 4. The summed E-state index contributed by atoms with van der Waals surface area (Å²) < 4.78 is 61.2. The first-order valence-corrected chi connectivity index (χ1v) is 18.1. The number of amides is 2. The van der Waals surface area contributed by atoms with E-state index in [-0.39, 0.29) is 54.0 Å². The monoisotopic (exact) mass is 726 g/mol. The van der Waals surface area contributed by atoms with Crippen LogP contribution in [0, 0.1) is 11.2 Å². The second-order valence-electron chi connectivity index (χ2n) is 15.0. The number of halogens is 4. The van der Waals surface area contributed by atoms with Crippen LogP contribution in [0.15, 0.2) is 54.9 Å². The second kappa shape index (κ2) is 15.4. The topological polar surface area (TPSA) is 105 Å². The number of carbonyl (C=O) groups excluding carboxylic acids is 2. The Labute approximate surface area is 300 Å². The molecule has 0 unspecified atom stereocenters. The summed E-state index contributed by atoms with van der Waals surface area (Å²) in [6.07, 6.45) is 7.61. The van der Waals surface area contributed by atoms with Crippen LogP contribution in [0.1, 0.15) is 108 Å². The van der Waals surface area contributed by atoms with Gasteiger partial charge in [0.1, 0.15) is 5.82 Å². The zero-order valence-corrected chi connectivity index (χ0v) is 29.5. The molecule has 52 heavy (non-hydrogen) atoms. The first kappa shape index (κ1) is 37.5. The summed E-state index contributed by atoms with van der Waals surface area (Å²) in [5.41, 5.74) is 1.08. The van der Waals surface area contributed by atoms with E-state index < -0.39 is 17.6 Å². The van der Waals surface area contributed by atoms with Crippen LogP contribution in [0.4, 0.5) is 17.6 Å². The van der Waals surface area contributed by atoms with Crippen LogP contribution in [0.2, 0.25) is 0 Å². The van der Waals surface area contributed by atoms with E-state index in [1.807, 2.05) is 4.90 Å². The Morgan fingerprint density at radius 3 is 2.23 bits per heavy atom. The molecular formula is C39H46F4N4O5. The van der Waals surface area contributed by atoms with Crippen molar-refractivity contribution < 1.29 is 41.8 Å². The van der Waals surface area contributed by atoms with Crippen molar-refractivity contribution in [2.75, 3.05) is 33.3 Å². The minimum Gasteiger partial charge on any atom is -0.478 e. The first-order chi connectivity index (χ1) is 24.8. The number of alkyl halides is 3. The molecule has 2 aliphatic carbocycles. The van der Waals surface area contributed by atoms with Crippen molar-refractivity contribution in [3.8, 4) is 0 Å². The van der Waals surface area contributed by atoms with Crippen molar-refractivity contribution in [1.29, 1.82) is 0 Å². The molecule has 1 spiro atoms. The van der Waals surface area contributed by atoms with E-state index in [9.17, 15) is 32.7 Å². The molecule has 2 amide bonds. The van der Waals surface area contributed by atoms with Gasteiger partial charge in [-0.25, -0.2) is 22.4 Å². The normalized spacial score (nSPS) is 20.6. The molecule has 4 fully saturated rings. The number of ether oxygens (including phenoxy) is 1. The Balaban J connectivity index is 0.000000200. The largest absolute Gasteiger partial charge is 0.478 e. The van der Waals surface area contributed by atoms with Gasteiger partial charge in [0, 0.05) is 57.7 Å². The van der Waals surface area contributed by atoms with Gasteiger partial charge in [-0.2, -0.15) is 5.10 Å². The van der Waals surface area contributed by atoms with Crippen LogP contribution < -0.4 is 0 Å². The molecule has 1 N–H and O–H groups in total. The van der Waals surface area contributed by atoms with Crippen LogP contribution in [0.25, 0.3) is 0 Å². The van der Waals surface area contributed by atoms with Gasteiger partial charge in [-0.15, -0.1) is 0 Å². The summed E-state index contributed by atoms with van der Waals surface area (Å²) in [5.74, 6) is -4.46. The van der Waals surface area contributed by atoms with E-state index in [4.69, 9.17) is 4.74 Å². The maximum Gasteiger partial charge on any atom is 0.336 e. The van der Waals surface area contributed by atoms with Crippen molar-refractivity contribution in [3.63, 3.8) is 0 Å². The molecule has 3 aromatic rings. The number of hydrogen-bond acceptors (Lipinski definition) is 5. The van der Waals surface area contributed by atoms with Crippen molar-refractivity contribution in [1.82, 2.24) is 19.6 Å². The van der Waals surface area contributed by atoms with E-state index >= 15 is 4.39 Å². The fourth-order valence-electron chi connectivity index (χ4n) is 8.25. The van der Waals surface area contributed by atoms with Crippen LogP contribution >= 0.6 is 0 Å². The summed E-state index contributed by atoms with van der Waals surface area (Å²) in [6, 6.07) is 11.4. The lowest BCUT2D eigenvalue weighted by Crippen LogP contribution is -2.63. The molecule has 2 saturated carbocycles. The summed E-state index contributed by atoms with van der Waals surface area (Å²) in [5, 5.41) is 13.7. The Morgan fingerprint density at radius 1 is 0.904 bits per heavy atom. The van der Waals surface area contributed by atoms with E-state index in [1.165, 1.54) is 19.2 Å². The molecule has 2 aromatic carbocycles. The third-order valence-corrected chi connectivity index (χ3v) is 11.1. The average molecular weight is 727 g/mol. The summed E-state index contributed by atoms with van der Waals surface area (Å²) >= 11 is 0. The summed E-state index contributed by atoms with van der Waals surface area (Å²) in [7, 11) is 1.50. The molecule has 0 radical (unpaired) electrons. The number of carboxylic acids is 1. The quantitative estimate of drug-likeness (QED) is 0.246. The van der Waals surface area contributed by atoms with E-state index in [1.54, 1.807) is 52.3 Å². The highest BCUT2D eigenvalue weighted by atomic mass is 19.3. The first-order valence-electron chi connectivity index (χ1n) is 18.1. The number of methoxy groups -OCH3 is 1. The van der Waals surface area contributed by atoms with Gasteiger partial charge in [0.25, 0.3) is 11.8 Å². The molecule has 9 nitrogen and oxygen atoms in total. The second-order valence-corrected chi connectivity index (χ2v) is 15.0. The molecule has 1 aromatic heterocycles. The van der Waals surface area contributed by atoms with Gasteiger partial charge >= 0.3 is 5.97 Å². The molecule has 3 heterocycles. The molecule has 0 atom stereocenters. The number of likely N-dealkylation sites (tertiary alicyclic amines) is 2. The Bertz CT molecular complexity index is 1740. The number of carbonyl (C=O) groups is 3. The van der Waals surface area contributed by atoms with Crippen molar-refractivity contribution in [3.05, 3.63) is 88.5 Å². The maximum atomic E-state index is 15.0. The van der Waals surface area contributed by atoms with Gasteiger partial charge in [-0.1, -0.05) is 36.8 Å². The lowest BCUT2D eigenvalue weighted by atomic mass is 9.76. The van der Waals surface area contributed by atoms with Crippen molar-refractivity contribution in [2.24, 2.45) is 5.41 Å². The van der Waals surface area contributed by atoms with Gasteiger partial charge in [0.05, 0.1) is 30.5 Å². The minimum absolute atomic E-state index is 0.0775. The number of benzene rings is 2. The van der Waals surface area contributed by atoms with E-state index in [0.717, 1.165) is 31.2 Å². The predicted octanol–water partition coefficient (Wildman–Crippen LogP) is 7.24. The number of carboxylic acid groups (broad SMARTS) is 1. The predicted molar refractivity (Wildman–Crippen MR) is 184 cm³/mol. The zero-order chi connectivity index (χ0) is 37.1. The summed E-state index contributed by atoms with van der Waals surface area (Å²) in [6.45, 7) is 2.94. The van der Waals surface area contributed by atoms with Gasteiger partial charge < -0.3 is 19.6 Å². The molecule has 2 saturated heterocycles. The molecule has 2 aliphatic heterocycles. The molecule has 4 aliphatic rings. The lowest BCUT2D eigenvalue weighted by molar-refractivity contribution is -0.158. The molecular weight excluding hydrogens is 680 g/mol. The summed E-state index contributed by atoms with van der Waals surface area (Å²) in [4.78, 5) is 40.6. The fraction of sp³-hybridized carbons (Fsp3) is 0.538. The Kier molecular flexibility index (Phi) is 11.1. The standard InChI is InChI=1S/C24H28F2N4O2.C15H18F2O3/c25-20-6-4-18(5-7-20)13-30-14-19(12-27-30)21(31)28-11-10-23(15-28)16-29(17-23)22(32)24(26)8-2-1-3-9-24;1-20-9-11-3-2-4-12(13(11)14(18)19)10-5-7-15(16,17)8-6-10/h4-7,12,14H,1-3,8-11,13,15-17H2;2-4,10H,5-9H2,1H3,(H,18,19). The van der Waals surface area contributed by atoms with Gasteiger partial charge in [0.15, 0.2) is 5.67 Å². The fourth-order valence-corrected chi connectivity index (χ4v) is 8.25. The SMILES string of the molecule is COCc1cccc(C2CCC(F)(F)CC2)c1C(=O)O.O=C(c1cnn(Cc2ccc(F)cc2)c1)N1CCC2(C1)CN(C(=O)C1(F)CCCCC1)C2. The van der Waals surface area contributed by atoms with Crippen LogP contribution in [0.3, 0.4) is 0 Å². The average Bonchev–Trinajstić information content (AvgIpc) is 3.77. The zero-order valence-electron chi connectivity index (χ0n) is 29.5. The molecule has 280 valence electrons. The van der Waals surface area contributed by atoms with Crippen LogP contribution in [-0.4, -0.2) is 87.4 Å². The number of aromatic nitrogens is 2. The van der Waals surface area contributed by atoms with Crippen LogP contribution in [-0.2, 0) is 22.7 Å². The smallest absolute Gasteiger partial charge is 0.336 e. The Morgan fingerprint density at radius 2 is 1.58 bits per heavy atom. The number of rotatable bonds is 8. The van der Waals surface area contributed by atoms with Gasteiger partial charge in [-0.3, -0.25) is 14.3 Å². The number of aromatic carboxylic acids is 1. The maximum absolute atomic E-state index is 15.0.